The Morgan fingerprint density at radius 3 is 2.27 bits per heavy atom. The Labute approximate surface area is 69.5 Å². The van der Waals surface area contributed by atoms with Gasteiger partial charge in [-0.25, -0.2) is 0 Å². The van der Waals surface area contributed by atoms with Gasteiger partial charge in [0.1, 0.15) is 0 Å². The minimum atomic E-state index is -0.491. The fraction of sp³-hybridized carbons (Fsp3) is 0.250. The summed E-state index contributed by atoms with van der Waals surface area (Å²) in [4.78, 5) is 22.0. The maximum absolute atomic E-state index is 11.0. The van der Waals surface area contributed by atoms with Gasteiger partial charge in [0, 0.05) is 16.2 Å². The van der Waals surface area contributed by atoms with E-state index in [1.807, 2.05) is 0 Å². The Balaban J connectivity index is 3.22. The van der Waals surface area contributed by atoms with Crippen LogP contribution < -0.4 is 0 Å². The number of ketones is 2. The third-order valence-electron chi connectivity index (χ3n) is 1.61. The van der Waals surface area contributed by atoms with Crippen molar-refractivity contribution < 1.29 is 9.59 Å². The van der Waals surface area contributed by atoms with Crippen molar-refractivity contribution in [3.8, 4) is 0 Å². The highest BCUT2D eigenvalue weighted by atomic mass is 35.5. The first-order valence-corrected chi connectivity index (χ1v) is 3.55. The van der Waals surface area contributed by atoms with Gasteiger partial charge < -0.3 is 0 Å². The monoisotopic (exact) mass is 170 g/mol. The summed E-state index contributed by atoms with van der Waals surface area (Å²) in [5.41, 5.74) is 0.743. The largest absolute Gasteiger partial charge is 0.285 e. The first kappa shape index (κ1) is 8.21. The van der Waals surface area contributed by atoms with E-state index in [1.165, 1.54) is 6.08 Å². The molecule has 2 nitrogen and oxygen atoms in total. The summed E-state index contributed by atoms with van der Waals surface area (Å²) in [6.45, 7) is 3.13. The standard InChI is InChI=1S/C8H7ClO2/c1-4-3-6(9)5(2)8(11)7(4)10/h3H,1-2H3. The van der Waals surface area contributed by atoms with Crippen LogP contribution in [0.3, 0.4) is 0 Å². The molecular formula is C8H7ClO2. The third kappa shape index (κ3) is 1.26. The molecule has 1 aliphatic rings. The number of halogens is 1. The highest BCUT2D eigenvalue weighted by molar-refractivity contribution is 6.52. The summed E-state index contributed by atoms with van der Waals surface area (Å²) in [5.74, 6) is -0.943. The molecule has 0 radical (unpaired) electrons. The first-order chi connectivity index (χ1) is 5.04. The van der Waals surface area contributed by atoms with E-state index in [0.29, 0.717) is 16.2 Å². The Morgan fingerprint density at radius 1 is 1.18 bits per heavy atom. The maximum Gasteiger partial charge on any atom is 0.230 e. The van der Waals surface area contributed by atoms with Crippen molar-refractivity contribution in [1.29, 1.82) is 0 Å². The molecule has 1 rings (SSSR count). The fourth-order valence-electron chi connectivity index (χ4n) is 0.822. The van der Waals surface area contributed by atoms with E-state index in [1.54, 1.807) is 13.8 Å². The van der Waals surface area contributed by atoms with E-state index in [2.05, 4.69) is 0 Å². The van der Waals surface area contributed by atoms with Gasteiger partial charge in [-0.15, -0.1) is 0 Å². The summed E-state index contributed by atoms with van der Waals surface area (Å²) in [7, 11) is 0. The molecule has 0 atom stereocenters. The number of Topliss-reactive ketones (excluding diaryl/α,β-unsaturated/α-hetero) is 2. The van der Waals surface area contributed by atoms with Crippen LogP contribution in [0.25, 0.3) is 0 Å². The van der Waals surface area contributed by atoms with Crippen LogP contribution in [0, 0.1) is 0 Å². The lowest BCUT2D eigenvalue weighted by Crippen LogP contribution is -2.19. The second-order valence-electron chi connectivity index (χ2n) is 2.46. The van der Waals surface area contributed by atoms with E-state index >= 15 is 0 Å². The molecule has 0 heterocycles. The quantitative estimate of drug-likeness (QED) is 0.409. The molecule has 0 amide bonds. The lowest BCUT2D eigenvalue weighted by Gasteiger charge is -2.07. The van der Waals surface area contributed by atoms with Gasteiger partial charge in [0.05, 0.1) is 0 Å². The Kier molecular flexibility index (Phi) is 1.96. The predicted molar refractivity (Wildman–Crippen MR) is 42.3 cm³/mol. The van der Waals surface area contributed by atoms with E-state index in [4.69, 9.17) is 11.6 Å². The van der Waals surface area contributed by atoms with Gasteiger partial charge in [0.15, 0.2) is 0 Å². The summed E-state index contributed by atoms with van der Waals surface area (Å²) >= 11 is 5.65. The van der Waals surface area contributed by atoms with Crippen LogP contribution in [0.2, 0.25) is 0 Å². The molecule has 11 heavy (non-hydrogen) atoms. The smallest absolute Gasteiger partial charge is 0.230 e. The second-order valence-corrected chi connectivity index (χ2v) is 2.87. The molecule has 3 heteroatoms. The maximum atomic E-state index is 11.0. The molecule has 1 aliphatic carbocycles. The number of allylic oxidation sites excluding steroid dienone is 4. The highest BCUT2D eigenvalue weighted by Crippen LogP contribution is 2.20. The van der Waals surface area contributed by atoms with E-state index in [9.17, 15) is 9.59 Å². The van der Waals surface area contributed by atoms with Crippen LogP contribution in [0.15, 0.2) is 22.3 Å². The molecule has 0 bridgehead atoms. The molecular weight excluding hydrogens is 164 g/mol. The zero-order valence-corrected chi connectivity index (χ0v) is 7.03. The molecule has 0 saturated carbocycles. The van der Waals surface area contributed by atoms with Crippen LogP contribution in [-0.2, 0) is 9.59 Å². The number of carbonyl (C=O) groups excluding carboxylic acids is 2. The van der Waals surface area contributed by atoms with Crippen molar-refractivity contribution in [3.05, 3.63) is 22.3 Å². The molecule has 0 spiro atoms. The molecule has 58 valence electrons. The minimum Gasteiger partial charge on any atom is -0.285 e. The van der Waals surface area contributed by atoms with Crippen LogP contribution >= 0.6 is 11.6 Å². The van der Waals surface area contributed by atoms with Crippen LogP contribution in [0.4, 0.5) is 0 Å². The van der Waals surface area contributed by atoms with Crippen molar-refractivity contribution in [3.63, 3.8) is 0 Å². The van der Waals surface area contributed by atoms with Crippen molar-refractivity contribution in [2.75, 3.05) is 0 Å². The van der Waals surface area contributed by atoms with Gasteiger partial charge in [0.25, 0.3) is 0 Å². The van der Waals surface area contributed by atoms with Gasteiger partial charge in [-0.05, 0) is 19.9 Å². The van der Waals surface area contributed by atoms with Gasteiger partial charge in [0.2, 0.25) is 11.6 Å². The van der Waals surface area contributed by atoms with Gasteiger partial charge in [-0.1, -0.05) is 11.6 Å². The molecule has 0 saturated heterocycles. The first-order valence-electron chi connectivity index (χ1n) is 3.17. The van der Waals surface area contributed by atoms with E-state index in [0.717, 1.165) is 0 Å². The van der Waals surface area contributed by atoms with Gasteiger partial charge >= 0.3 is 0 Å². The Morgan fingerprint density at radius 2 is 1.73 bits per heavy atom. The van der Waals surface area contributed by atoms with Gasteiger partial charge in [-0.3, -0.25) is 9.59 Å². The molecule has 0 aromatic rings. The van der Waals surface area contributed by atoms with Crippen molar-refractivity contribution in [1.82, 2.24) is 0 Å². The normalized spacial score (nSPS) is 19.0. The SMILES string of the molecule is CC1=CC(Cl)=C(C)C(=O)C1=O. The molecule has 0 aliphatic heterocycles. The summed E-state index contributed by atoms with van der Waals surface area (Å²) in [6.07, 6.45) is 1.51. The van der Waals surface area contributed by atoms with Gasteiger partial charge in [-0.2, -0.15) is 0 Å². The topological polar surface area (TPSA) is 34.1 Å². The lowest BCUT2D eigenvalue weighted by molar-refractivity contribution is -0.132. The zero-order valence-electron chi connectivity index (χ0n) is 6.27. The van der Waals surface area contributed by atoms with Crippen molar-refractivity contribution in [2.24, 2.45) is 0 Å². The Hall–Kier alpha value is -0.890. The molecule has 0 fully saturated rings. The minimum absolute atomic E-state index is 0.335. The second kappa shape index (κ2) is 2.62. The summed E-state index contributed by atoms with van der Waals surface area (Å²) in [5, 5.41) is 0.368. The zero-order chi connectivity index (χ0) is 8.59. The highest BCUT2D eigenvalue weighted by Gasteiger charge is 2.23. The lowest BCUT2D eigenvalue weighted by atomic mass is 9.98. The number of rotatable bonds is 0. The molecule has 0 aromatic heterocycles. The molecule has 0 N–H and O–H groups in total. The van der Waals surface area contributed by atoms with Crippen molar-refractivity contribution in [2.45, 2.75) is 13.8 Å². The van der Waals surface area contributed by atoms with Crippen molar-refractivity contribution >= 4 is 23.2 Å². The fourth-order valence-corrected chi connectivity index (χ4v) is 1.07. The van der Waals surface area contributed by atoms with E-state index in [-0.39, 0.29) is 0 Å². The van der Waals surface area contributed by atoms with Crippen LogP contribution in [-0.4, -0.2) is 11.6 Å². The average Bonchev–Trinajstić information content (AvgIpc) is 1.97. The number of hydrogen-bond acceptors (Lipinski definition) is 2. The van der Waals surface area contributed by atoms with Crippen LogP contribution in [0.1, 0.15) is 13.8 Å². The van der Waals surface area contributed by atoms with Crippen LogP contribution in [0.5, 0.6) is 0 Å². The molecule has 0 unspecified atom stereocenters. The Bertz CT molecular complexity index is 293. The molecule has 0 aromatic carbocycles. The number of carbonyl (C=O) groups is 2. The van der Waals surface area contributed by atoms with E-state index < -0.39 is 11.6 Å². The number of hydrogen-bond donors (Lipinski definition) is 0. The average molecular weight is 171 g/mol. The third-order valence-corrected chi connectivity index (χ3v) is 2.00. The summed E-state index contributed by atoms with van der Waals surface area (Å²) < 4.78 is 0. The predicted octanol–water partition coefficient (Wildman–Crippen LogP) is 1.60. The summed E-state index contributed by atoms with van der Waals surface area (Å²) in [6, 6.07) is 0.